The minimum absolute atomic E-state index is 0.0330. The number of H-pyrrole nitrogens is 2. The number of imidazole rings is 2. The van der Waals surface area contributed by atoms with E-state index >= 15 is 0 Å². The van der Waals surface area contributed by atoms with Gasteiger partial charge in [-0.3, -0.25) is 46.8 Å². The SMILES string of the molecule is Nc1nc2c(nc(SCCSc3nc4c(=O)[nH]c(N)nc4n3[C@@H]3OC4COP(=O)(O)O[C@H]4C3O)n2[C@@H]2OC3COP(=O)(O)O[C@H]3C2O)c(=O)[nH]1. The van der Waals surface area contributed by atoms with Crippen LogP contribution in [0, 0.1) is 0 Å². The Labute approximate surface area is 285 Å². The number of anilines is 2. The largest absolute Gasteiger partial charge is 0.472 e. The van der Waals surface area contributed by atoms with Crippen LogP contribution in [0.25, 0.3) is 22.3 Å². The van der Waals surface area contributed by atoms with Crippen LogP contribution in [0.3, 0.4) is 0 Å². The van der Waals surface area contributed by atoms with Gasteiger partial charge in [0.05, 0.1) is 13.2 Å². The maximum atomic E-state index is 12.8. The van der Waals surface area contributed by atoms with E-state index in [0.29, 0.717) is 0 Å². The highest BCUT2D eigenvalue weighted by atomic mass is 32.2. The van der Waals surface area contributed by atoms with Crippen molar-refractivity contribution in [1.82, 2.24) is 39.0 Å². The molecule has 0 spiro atoms. The fourth-order valence-electron chi connectivity index (χ4n) is 5.99. The van der Waals surface area contributed by atoms with Gasteiger partial charge in [-0.2, -0.15) is 9.97 Å². The number of hydrogen-bond donors (Lipinski definition) is 8. The van der Waals surface area contributed by atoms with Crippen molar-refractivity contribution in [3.63, 3.8) is 0 Å². The first-order valence-electron chi connectivity index (χ1n) is 14.5. The number of aliphatic hydroxyl groups excluding tert-OH is 2. The summed E-state index contributed by atoms with van der Waals surface area (Å²) in [6.07, 6.45) is -9.94. The predicted molar refractivity (Wildman–Crippen MR) is 168 cm³/mol. The lowest BCUT2D eigenvalue weighted by molar-refractivity contribution is -0.0685. The number of nitrogens with zero attached hydrogens (tertiary/aromatic N) is 6. The summed E-state index contributed by atoms with van der Waals surface area (Å²) >= 11 is 2.22. The number of aromatic nitrogens is 8. The number of aromatic amines is 2. The zero-order chi connectivity index (χ0) is 35.3. The molecular weight excluding hydrogens is 754 g/mol. The minimum Gasteiger partial charge on any atom is -0.386 e. The summed E-state index contributed by atoms with van der Waals surface area (Å²) in [5, 5.41) is 22.6. The van der Waals surface area contributed by atoms with Crippen molar-refractivity contribution >= 4 is 73.4 Å². The molecule has 0 radical (unpaired) electrons. The molecule has 4 aliphatic heterocycles. The third-order valence-electron chi connectivity index (χ3n) is 8.06. The molecular formula is C22H26N10O14P2S2. The highest BCUT2D eigenvalue weighted by Gasteiger charge is 2.54. The van der Waals surface area contributed by atoms with Crippen molar-refractivity contribution in [3.8, 4) is 0 Å². The highest BCUT2D eigenvalue weighted by Crippen LogP contribution is 2.54. The van der Waals surface area contributed by atoms with Gasteiger partial charge in [0.15, 0.2) is 45.1 Å². The fraction of sp³-hybridized carbons (Fsp3) is 0.545. The van der Waals surface area contributed by atoms with Crippen LogP contribution in [-0.4, -0.2) is 120 Å². The smallest absolute Gasteiger partial charge is 0.386 e. The number of fused-ring (bicyclic) bond motifs is 4. The molecule has 8 heterocycles. The van der Waals surface area contributed by atoms with Gasteiger partial charge in [-0.1, -0.05) is 23.5 Å². The van der Waals surface area contributed by atoms with Crippen molar-refractivity contribution < 1.29 is 56.7 Å². The molecule has 10 N–H and O–H groups in total. The van der Waals surface area contributed by atoms with E-state index in [9.17, 15) is 38.7 Å². The van der Waals surface area contributed by atoms with Crippen LogP contribution in [0.2, 0.25) is 0 Å². The summed E-state index contributed by atoms with van der Waals surface area (Å²) in [4.78, 5) is 67.0. The summed E-state index contributed by atoms with van der Waals surface area (Å²) in [6, 6.07) is 0. The van der Waals surface area contributed by atoms with Crippen LogP contribution in [0.1, 0.15) is 12.5 Å². The summed E-state index contributed by atoms with van der Waals surface area (Å²) in [7, 11) is -8.87. The first-order valence-corrected chi connectivity index (χ1v) is 19.5. The number of nitrogens with one attached hydrogen (secondary N) is 2. The van der Waals surface area contributed by atoms with Gasteiger partial charge in [-0.05, 0) is 0 Å². The van der Waals surface area contributed by atoms with Gasteiger partial charge in [-0.15, -0.1) is 0 Å². The molecule has 24 nitrogen and oxygen atoms in total. The first-order chi connectivity index (χ1) is 23.7. The number of ether oxygens (including phenoxy) is 2. The third-order valence-corrected chi connectivity index (χ3v) is 12.2. The molecule has 0 bridgehead atoms. The van der Waals surface area contributed by atoms with Crippen LogP contribution in [0.5, 0.6) is 0 Å². The summed E-state index contributed by atoms with van der Waals surface area (Å²) in [5.74, 6) is -0.000213. The molecule has 4 saturated heterocycles. The Hall–Kier alpha value is -2.94. The van der Waals surface area contributed by atoms with E-state index in [-0.39, 0.29) is 69.3 Å². The average Bonchev–Trinajstić information content (AvgIpc) is 3.76. The van der Waals surface area contributed by atoms with Crippen LogP contribution >= 0.6 is 39.2 Å². The van der Waals surface area contributed by atoms with Crippen molar-refractivity contribution in [2.45, 2.75) is 59.4 Å². The Bertz CT molecular complexity index is 2080. The molecule has 4 aromatic rings. The van der Waals surface area contributed by atoms with E-state index in [0.717, 1.165) is 23.5 Å². The number of phosphoric acid groups is 2. The predicted octanol–water partition coefficient (Wildman–Crippen LogP) is -1.85. The second-order valence-corrected chi connectivity index (χ2v) is 16.2. The Balaban J connectivity index is 1.08. The normalized spacial score (nSPS) is 35.5. The molecule has 270 valence electrons. The van der Waals surface area contributed by atoms with Gasteiger partial charge in [0.2, 0.25) is 11.9 Å². The molecule has 0 aromatic carbocycles. The topological polar surface area (TPSA) is 350 Å². The number of rotatable bonds is 7. The Morgan fingerprint density at radius 3 is 1.54 bits per heavy atom. The lowest BCUT2D eigenvalue weighted by atomic mass is 10.1. The lowest BCUT2D eigenvalue weighted by Gasteiger charge is -2.27. The van der Waals surface area contributed by atoms with Gasteiger partial charge in [-0.25, -0.2) is 19.1 Å². The monoisotopic (exact) mass is 780 g/mol. The molecule has 8 rings (SSSR count). The number of phosphoric ester groups is 2. The second kappa shape index (κ2) is 12.3. The number of hydrogen-bond acceptors (Lipinski definition) is 20. The third kappa shape index (κ3) is 5.87. The molecule has 4 aromatic heterocycles. The minimum atomic E-state index is -4.44. The molecule has 10 atom stereocenters. The number of thioether (sulfide) groups is 2. The van der Waals surface area contributed by atoms with E-state index < -0.39 is 75.8 Å². The molecule has 4 fully saturated rings. The maximum Gasteiger partial charge on any atom is 0.472 e. The maximum absolute atomic E-state index is 12.8. The van der Waals surface area contributed by atoms with Gasteiger partial charge in [0, 0.05) is 11.5 Å². The number of nitrogens with two attached hydrogens (primary N) is 2. The van der Waals surface area contributed by atoms with Crippen molar-refractivity contribution in [2.75, 3.05) is 36.2 Å². The Kier molecular flexibility index (Phi) is 8.43. The number of aliphatic hydroxyl groups is 2. The van der Waals surface area contributed by atoms with Crippen LogP contribution < -0.4 is 22.6 Å². The zero-order valence-electron chi connectivity index (χ0n) is 24.9. The van der Waals surface area contributed by atoms with E-state index in [1.165, 1.54) is 9.13 Å². The highest BCUT2D eigenvalue weighted by molar-refractivity contribution is 8.02. The molecule has 6 unspecified atom stereocenters. The second-order valence-electron chi connectivity index (χ2n) is 11.3. The van der Waals surface area contributed by atoms with Crippen LogP contribution in [0.15, 0.2) is 19.9 Å². The zero-order valence-corrected chi connectivity index (χ0v) is 28.3. The Morgan fingerprint density at radius 1 is 0.740 bits per heavy atom. The van der Waals surface area contributed by atoms with E-state index in [1.807, 2.05) is 0 Å². The molecule has 0 amide bonds. The fourth-order valence-corrected chi connectivity index (χ4v) is 9.92. The van der Waals surface area contributed by atoms with Gasteiger partial charge in [0.25, 0.3) is 11.1 Å². The van der Waals surface area contributed by atoms with Crippen LogP contribution in [0.4, 0.5) is 11.9 Å². The van der Waals surface area contributed by atoms with Crippen LogP contribution in [-0.2, 0) is 36.7 Å². The lowest BCUT2D eigenvalue weighted by Crippen LogP contribution is -2.39. The van der Waals surface area contributed by atoms with Gasteiger partial charge < -0.3 is 40.9 Å². The Morgan fingerprint density at radius 2 is 1.14 bits per heavy atom. The van der Waals surface area contributed by atoms with Crippen molar-refractivity contribution in [3.05, 3.63) is 20.7 Å². The van der Waals surface area contributed by atoms with E-state index in [2.05, 4.69) is 29.9 Å². The molecule has 0 aliphatic carbocycles. The van der Waals surface area contributed by atoms with Gasteiger partial charge in [0.1, 0.15) is 36.6 Å². The number of nitrogen functional groups attached to an aromatic ring is 2. The summed E-state index contributed by atoms with van der Waals surface area (Å²) < 4.78 is 58.4. The van der Waals surface area contributed by atoms with Crippen molar-refractivity contribution in [1.29, 1.82) is 0 Å². The summed E-state index contributed by atoms with van der Waals surface area (Å²) in [5.41, 5.74) is 9.96. The van der Waals surface area contributed by atoms with Crippen molar-refractivity contribution in [2.24, 2.45) is 0 Å². The standard InChI is InChI=1S/C22H26N10O14P2S2/c23-19-27-13-7(15(35)29-19)25-21(31(13)17-9(33)11-5(43-17)3-41-47(37,38)45-11)49-1-2-50-22-26-8-14(28-20(24)30-16(8)36)32(22)18-10(34)12-6(44-18)4-42-48(39,40)46-12/h5-6,9-12,17-18,33-34H,1-4H2,(H,37,38)(H,39,40)(H3,23,27,29,35)(H3,24,28,30,36)/t5?,6?,9?,10?,11-,12-,17-,18-/m1/s1. The van der Waals surface area contributed by atoms with E-state index in [4.69, 9.17) is 39.0 Å². The van der Waals surface area contributed by atoms with Gasteiger partial charge >= 0.3 is 15.6 Å². The molecule has 28 heteroatoms. The first kappa shape index (κ1) is 34.2. The quantitative estimate of drug-likeness (QED) is 0.0579. The average molecular weight is 781 g/mol. The summed E-state index contributed by atoms with van der Waals surface area (Å²) in [6.45, 7) is -0.699. The molecule has 0 saturated carbocycles. The van der Waals surface area contributed by atoms with E-state index in [1.54, 1.807) is 0 Å². The molecule has 50 heavy (non-hydrogen) atoms. The molecule has 4 aliphatic rings.